The molecule has 21 heavy (non-hydrogen) atoms. The Morgan fingerprint density at radius 3 is 2.57 bits per heavy atom. The molecule has 0 amide bonds. The zero-order chi connectivity index (χ0) is 15.4. The van der Waals surface area contributed by atoms with Crippen LogP contribution in [0.4, 0.5) is 14.5 Å². The van der Waals surface area contributed by atoms with E-state index in [1.54, 1.807) is 25.1 Å². The number of nitrogen functional groups attached to an aromatic ring is 1. The van der Waals surface area contributed by atoms with E-state index in [9.17, 15) is 13.6 Å². The van der Waals surface area contributed by atoms with Crippen LogP contribution in [0.3, 0.4) is 0 Å². The fourth-order valence-corrected chi connectivity index (χ4v) is 2.68. The zero-order valence-electron chi connectivity index (χ0n) is 11.1. The van der Waals surface area contributed by atoms with E-state index in [0.717, 1.165) is 10.4 Å². The summed E-state index contributed by atoms with van der Waals surface area (Å²) in [6.45, 7) is -0.876. The minimum absolute atomic E-state index is 0.0731. The first-order valence-electron chi connectivity index (χ1n) is 6.13. The number of hydrogen-bond acceptors (Lipinski definition) is 5. The highest BCUT2D eigenvalue weighted by atomic mass is 32.1. The number of hydrogen-bond donors (Lipinski definition) is 1. The average molecular weight is 313 g/mol. The lowest BCUT2D eigenvalue weighted by atomic mass is 10.2. The standard InChI is InChI=1S/C14H13F2NO3S/c1-2-19-13(18)12-10(17)7-11(21-12)8-3-5-9(6-4-8)20-14(15)16/h3-7,14H,2,17H2,1H3. The second-order valence-electron chi connectivity index (χ2n) is 4.02. The van der Waals surface area contributed by atoms with Gasteiger partial charge in [0.25, 0.3) is 0 Å². The Morgan fingerprint density at radius 1 is 1.33 bits per heavy atom. The third-order valence-electron chi connectivity index (χ3n) is 2.59. The maximum atomic E-state index is 12.1. The van der Waals surface area contributed by atoms with E-state index in [2.05, 4.69) is 4.74 Å². The molecular formula is C14H13F2NO3S. The number of carbonyl (C=O) groups is 1. The van der Waals surface area contributed by atoms with Crippen molar-refractivity contribution in [3.63, 3.8) is 0 Å². The van der Waals surface area contributed by atoms with Crippen molar-refractivity contribution >= 4 is 23.0 Å². The van der Waals surface area contributed by atoms with E-state index in [1.165, 1.54) is 23.5 Å². The van der Waals surface area contributed by atoms with Gasteiger partial charge in [-0.3, -0.25) is 0 Å². The lowest BCUT2D eigenvalue weighted by molar-refractivity contribution is -0.0498. The van der Waals surface area contributed by atoms with Crippen LogP contribution in [-0.4, -0.2) is 19.2 Å². The summed E-state index contributed by atoms with van der Waals surface area (Å²) in [5.74, 6) is -0.396. The van der Waals surface area contributed by atoms with Gasteiger partial charge in [-0.1, -0.05) is 0 Å². The summed E-state index contributed by atoms with van der Waals surface area (Å²) in [6.07, 6.45) is 0. The van der Waals surface area contributed by atoms with Crippen molar-refractivity contribution in [3.05, 3.63) is 35.2 Å². The summed E-state index contributed by atoms with van der Waals surface area (Å²) < 4.78 is 33.3. The highest BCUT2D eigenvalue weighted by Crippen LogP contribution is 2.34. The largest absolute Gasteiger partial charge is 0.462 e. The molecule has 0 bridgehead atoms. The van der Waals surface area contributed by atoms with Crippen LogP contribution in [0.25, 0.3) is 10.4 Å². The molecule has 2 N–H and O–H groups in total. The molecular weight excluding hydrogens is 300 g/mol. The topological polar surface area (TPSA) is 61.5 Å². The van der Waals surface area contributed by atoms with Gasteiger partial charge in [0, 0.05) is 4.88 Å². The van der Waals surface area contributed by atoms with Gasteiger partial charge in [-0.25, -0.2) is 4.79 Å². The van der Waals surface area contributed by atoms with Crippen molar-refractivity contribution in [1.29, 1.82) is 0 Å². The Bertz CT molecular complexity index is 626. The molecule has 1 heterocycles. The molecule has 4 nitrogen and oxygen atoms in total. The van der Waals surface area contributed by atoms with Gasteiger partial charge in [0.2, 0.25) is 0 Å². The molecule has 7 heteroatoms. The van der Waals surface area contributed by atoms with Crippen molar-refractivity contribution in [1.82, 2.24) is 0 Å². The molecule has 1 aromatic heterocycles. The normalized spacial score (nSPS) is 10.7. The summed E-state index contributed by atoms with van der Waals surface area (Å²) >= 11 is 1.19. The monoisotopic (exact) mass is 313 g/mol. The van der Waals surface area contributed by atoms with E-state index in [0.29, 0.717) is 10.6 Å². The van der Waals surface area contributed by atoms with E-state index in [-0.39, 0.29) is 12.4 Å². The summed E-state index contributed by atoms with van der Waals surface area (Å²) in [7, 11) is 0. The number of halogens is 2. The molecule has 0 aliphatic carbocycles. The molecule has 1 aromatic carbocycles. The van der Waals surface area contributed by atoms with Crippen LogP contribution in [0.5, 0.6) is 5.75 Å². The molecule has 0 saturated heterocycles. The quantitative estimate of drug-likeness (QED) is 0.853. The molecule has 0 aliphatic heterocycles. The SMILES string of the molecule is CCOC(=O)c1sc(-c2ccc(OC(F)F)cc2)cc1N. The first-order valence-corrected chi connectivity index (χ1v) is 6.94. The molecule has 0 spiro atoms. The summed E-state index contributed by atoms with van der Waals surface area (Å²) in [6, 6.07) is 7.76. The fourth-order valence-electron chi connectivity index (χ4n) is 1.70. The summed E-state index contributed by atoms with van der Waals surface area (Å²) in [5.41, 5.74) is 6.88. The Morgan fingerprint density at radius 2 is 2.00 bits per heavy atom. The maximum absolute atomic E-state index is 12.1. The third-order valence-corrected chi connectivity index (χ3v) is 3.77. The minimum atomic E-state index is -2.86. The number of ether oxygens (including phenoxy) is 2. The number of rotatable bonds is 5. The van der Waals surface area contributed by atoms with Crippen molar-refractivity contribution in [3.8, 4) is 16.2 Å². The van der Waals surface area contributed by atoms with Crippen LogP contribution in [0, 0.1) is 0 Å². The Balaban J connectivity index is 2.22. The predicted octanol–water partition coefficient (Wildman–Crippen LogP) is 3.78. The van der Waals surface area contributed by atoms with Gasteiger partial charge < -0.3 is 15.2 Å². The van der Waals surface area contributed by atoms with E-state index < -0.39 is 12.6 Å². The molecule has 0 fully saturated rings. The molecule has 0 aliphatic rings. The van der Waals surface area contributed by atoms with Gasteiger partial charge in [0.15, 0.2) is 0 Å². The van der Waals surface area contributed by atoms with Crippen LogP contribution in [0.1, 0.15) is 16.6 Å². The van der Waals surface area contributed by atoms with Crippen LogP contribution in [0.2, 0.25) is 0 Å². The lowest BCUT2D eigenvalue weighted by Gasteiger charge is -2.04. The van der Waals surface area contributed by atoms with Gasteiger partial charge in [-0.15, -0.1) is 11.3 Å². The second kappa shape index (κ2) is 6.53. The molecule has 0 unspecified atom stereocenters. The zero-order valence-corrected chi connectivity index (χ0v) is 12.0. The summed E-state index contributed by atoms with van der Waals surface area (Å²) in [4.78, 5) is 12.8. The lowest BCUT2D eigenvalue weighted by Crippen LogP contribution is -2.04. The van der Waals surface area contributed by atoms with Gasteiger partial charge in [0.1, 0.15) is 10.6 Å². The predicted molar refractivity (Wildman–Crippen MR) is 76.8 cm³/mol. The number of anilines is 1. The Hall–Kier alpha value is -2.15. The van der Waals surface area contributed by atoms with Crippen LogP contribution >= 0.6 is 11.3 Å². The maximum Gasteiger partial charge on any atom is 0.387 e. The molecule has 0 atom stereocenters. The molecule has 2 aromatic rings. The number of thiophene rings is 1. The van der Waals surface area contributed by atoms with Gasteiger partial charge in [-0.2, -0.15) is 8.78 Å². The highest BCUT2D eigenvalue weighted by Gasteiger charge is 2.16. The Kier molecular flexibility index (Phi) is 4.74. The van der Waals surface area contributed by atoms with Gasteiger partial charge in [-0.05, 0) is 42.8 Å². The van der Waals surface area contributed by atoms with Crippen LogP contribution < -0.4 is 10.5 Å². The first-order chi connectivity index (χ1) is 10.0. The van der Waals surface area contributed by atoms with E-state index in [1.807, 2.05) is 0 Å². The number of nitrogens with two attached hydrogens (primary N) is 1. The summed E-state index contributed by atoms with van der Waals surface area (Å²) in [5, 5.41) is 0. The van der Waals surface area contributed by atoms with Crippen LogP contribution in [0.15, 0.2) is 30.3 Å². The Labute approximate surface area is 124 Å². The van der Waals surface area contributed by atoms with Gasteiger partial charge >= 0.3 is 12.6 Å². The van der Waals surface area contributed by atoms with E-state index in [4.69, 9.17) is 10.5 Å². The van der Waals surface area contributed by atoms with Crippen LogP contribution in [-0.2, 0) is 4.74 Å². The van der Waals surface area contributed by atoms with Crippen molar-refractivity contribution < 1.29 is 23.0 Å². The smallest absolute Gasteiger partial charge is 0.387 e. The van der Waals surface area contributed by atoms with Crippen molar-refractivity contribution in [2.45, 2.75) is 13.5 Å². The molecule has 0 saturated carbocycles. The minimum Gasteiger partial charge on any atom is -0.462 e. The molecule has 0 radical (unpaired) electrons. The highest BCUT2D eigenvalue weighted by molar-refractivity contribution is 7.18. The van der Waals surface area contributed by atoms with Gasteiger partial charge in [0.05, 0.1) is 12.3 Å². The third kappa shape index (κ3) is 3.69. The van der Waals surface area contributed by atoms with E-state index >= 15 is 0 Å². The molecule has 2 rings (SSSR count). The first kappa shape index (κ1) is 15.2. The average Bonchev–Trinajstić information content (AvgIpc) is 2.81. The molecule has 112 valence electrons. The second-order valence-corrected chi connectivity index (χ2v) is 5.07. The number of benzene rings is 1. The number of carbonyl (C=O) groups excluding carboxylic acids is 1. The van der Waals surface area contributed by atoms with Crippen molar-refractivity contribution in [2.24, 2.45) is 0 Å². The fraction of sp³-hybridized carbons (Fsp3) is 0.214. The van der Waals surface area contributed by atoms with Crippen molar-refractivity contribution in [2.75, 3.05) is 12.3 Å². The number of alkyl halides is 2. The number of esters is 1.